The van der Waals surface area contributed by atoms with Crippen LogP contribution in [0.3, 0.4) is 0 Å². The van der Waals surface area contributed by atoms with Gasteiger partial charge in [-0.1, -0.05) is 23.7 Å². The number of aliphatic hydroxyl groups is 1. The Balaban J connectivity index is 1.61. The summed E-state index contributed by atoms with van der Waals surface area (Å²) < 4.78 is 15.5. The second-order valence-electron chi connectivity index (χ2n) is 7.79. The van der Waals surface area contributed by atoms with Gasteiger partial charge in [-0.2, -0.15) is 0 Å². The van der Waals surface area contributed by atoms with E-state index in [1.54, 1.807) is 18.2 Å². The van der Waals surface area contributed by atoms with Gasteiger partial charge in [0.05, 0.1) is 29.4 Å². The van der Waals surface area contributed by atoms with Crippen molar-refractivity contribution in [2.45, 2.75) is 44.6 Å². The Hall–Kier alpha value is -1.95. The van der Waals surface area contributed by atoms with Crippen molar-refractivity contribution < 1.29 is 9.50 Å². The molecule has 146 valence electrons. The van der Waals surface area contributed by atoms with Gasteiger partial charge in [-0.05, 0) is 49.2 Å². The molecule has 2 aromatic heterocycles. The zero-order valence-electron chi connectivity index (χ0n) is 15.6. The monoisotopic (exact) mass is 399 g/mol. The Morgan fingerprint density at radius 2 is 2.00 bits per heavy atom. The average Bonchev–Trinajstić information content (AvgIpc) is 3.31. The highest BCUT2D eigenvalue weighted by molar-refractivity contribution is 6.30. The largest absolute Gasteiger partial charge is 0.387 e. The number of aromatic nitrogens is 2. The zero-order valence-corrected chi connectivity index (χ0v) is 16.4. The summed E-state index contributed by atoms with van der Waals surface area (Å²) in [5, 5.41) is 11.5. The van der Waals surface area contributed by atoms with Gasteiger partial charge in [-0.15, -0.1) is 0 Å². The summed E-state index contributed by atoms with van der Waals surface area (Å²) in [7, 11) is 0. The van der Waals surface area contributed by atoms with Crippen molar-refractivity contribution in [1.82, 2.24) is 14.5 Å². The molecular formula is C22H23ClFN3O. The maximum Gasteiger partial charge on any atom is 0.131 e. The van der Waals surface area contributed by atoms with Gasteiger partial charge in [0.25, 0.3) is 0 Å². The van der Waals surface area contributed by atoms with E-state index in [-0.39, 0.29) is 0 Å². The minimum atomic E-state index is -0.639. The van der Waals surface area contributed by atoms with Gasteiger partial charge in [0.1, 0.15) is 6.67 Å². The standard InChI is InChI=1S/C22H23ClFN3O/c23-15-5-3-14(4-6-15)20(28)13-27-18-9-11-26-10-1-2-17(26)21(18)22-19(27)8-7-16(12-24)25-22/h3-8,17,20,28H,1-2,9-13H2. The summed E-state index contributed by atoms with van der Waals surface area (Å²) in [6, 6.07) is 11.4. The molecule has 6 heteroatoms. The van der Waals surface area contributed by atoms with E-state index in [0.717, 1.165) is 42.5 Å². The average molecular weight is 400 g/mol. The van der Waals surface area contributed by atoms with Gasteiger partial charge in [0, 0.05) is 35.3 Å². The minimum absolute atomic E-state index is 0.363. The minimum Gasteiger partial charge on any atom is -0.387 e. The fraction of sp³-hybridized carbons (Fsp3) is 0.409. The number of hydrogen-bond donors (Lipinski definition) is 1. The number of rotatable bonds is 4. The van der Waals surface area contributed by atoms with Crippen LogP contribution in [0.25, 0.3) is 11.0 Å². The van der Waals surface area contributed by atoms with Crippen LogP contribution in [0.1, 0.15) is 47.5 Å². The van der Waals surface area contributed by atoms with Crippen molar-refractivity contribution in [3.05, 3.63) is 63.9 Å². The highest BCUT2D eigenvalue weighted by Crippen LogP contribution is 2.42. The summed E-state index contributed by atoms with van der Waals surface area (Å²) in [5.74, 6) is 0. The van der Waals surface area contributed by atoms with Crippen molar-refractivity contribution in [2.24, 2.45) is 0 Å². The second-order valence-corrected chi connectivity index (χ2v) is 8.22. The van der Waals surface area contributed by atoms with Crippen LogP contribution >= 0.6 is 11.6 Å². The number of benzene rings is 1. The normalized spacial score (nSPS) is 20.3. The third-order valence-corrected chi connectivity index (χ3v) is 6.45. The summed E-state index contributed by atoms with van der Waals surface area (Å²) >= 11 is 5.98. The Morgan fingerprint density at radius 3 is 2.79 bits per heavy atom. The van der Waals surface area contributed by atoms with Gasteiger partial charge in [-0.3, -0.25) is 4.90 Å². The fourth-order valence-electron chi connectivity index (χ4n) is 4.87. The molecule has 0 bridgehead atoms. The lowest BCUT2D eigenvalue weighted by Gasteiger charge is -2.31. The molecule has 1 aromatic carbocycles. The third kappa shape index (κ3) is 2.93. The van der Waals surface area contributed by atoms with Gasteiger partial charge in [0.2, 0.25) is 0 Å². The van der Waals surface area contributed by atoms with Crippen LogP contribution in [0.2, 0.25) is 5.02 Å². The number of pyridine rings is 1. The summed E-state index contributed by atoms with van der Waals surface area (Å²) in [6.07, 6.45) is 2.60. The smallest absolute Gasteiger partial charge is 0.131 e. The number of alkyl halides is 1. The van der Waals surface area contributed by atoms with E-state index in [4.69, 9.17) is 11.6 Å². The lowest BCUT2D eigenvalue weighted by atomic mass is 9.98. The molecule has 0 amide bonds. The molecular weight excluding hydrogens is 377 g/mol. The van der Waals surface area contributed by atoms with Crippen LogP contribution in [-0.2, 0) is 19.6 Å². The molecule has 2 aliphatic rings. The number of hydrogen-bond acceptors (Lipinski definition) is 3. The van der Waals surface area contributed by atoms with Crippen molar-refractivity contribution in [1.29, 1.82) is 0 Å². The van der Waals surface area contributed by atoms with E-state index in [0.29, 0.717) is 23.3 Å². The molecule has 0 radical (unpaired) electrons. The quantitative estimate of drug-likeness (QED) is 0.697. The first-order valence-electron chi connectivity index (χ1n) is 9.90. The first-order valence-corrected chi connectivity index (χ1v) is 10.3. The van der Waals surface area contributed by atoms with E-state index in [2.05, 4.69) is 14.5 Å². The molecule has 28 heavy (non-hydrogen) atoms. The maximum atomic E-state index is 13.3. The Bertz CT molecular complexity index is 1020. The molecule has 0 aliphatic carbocycles. The molecule has 4 heterocycles. The highest BCUT2D eigenvalue weighted by Gasteiger charge is 2.36. The molecule has 1 N–H and O–H groups in total. The van der Waals surface area contributed by atoms with E-state index in [1.165, 1.54) is 17.7 Å². The van der Waals surface area contributed by atoms with Crippen LogP contribution in [0.4, 0.5) is 4.39 Å². The molecule has 1 fully saturated rings. The summed E-state index contributed by atoms with van der Waals surface area (Å²) in [4.78, 5) is 7.18. The highest BCUT2D eigenvalue weighted by atomic mass is 35.5. The topological polar surface area (TPSA) is 41.3 Å². The second kappa shape index (κ2) is 7.14. The van der Waals surface area contributed by atoms with E-state index >= 15 is 0 Å². The number of nitrogens with zero attached hydrogens (tertiary/aromatic N) is 3. The zero-order chi connectivity index (χ0) is 19.3. The lowest BCUT2D eigenvalue weighted by molar-refractivity contribution is 0.155. The van der Waals surface area contributed by atoms with Crippen LogP contribution in [0.15, 0.2) is 36.4 Å². The fourth-order valence-corrected chi connectivity index (χ4v) is 5.00. The van der Waals surface area contributed by atoms with E-state index < -0.39 is 12.8 Å². The predicted molar refractivity (Wildman–Crippen MR) is 108 cm³/mol. The Labute approximate surface area is 168 Å². The SMILES string of the molecule is OC(Cn1c2c(c3nc(CF)ccc31)C1CCCN1CC2)c1ccc(Cl)cc1. The molecule has 3 aromatic rings. The van der Waals surface area contributed by atoms with Crippen LogP contribution < -0.4 is 0 Å². The molecule has 0 saturated carbocycles. The van der Waals surface area contributed by atoms with Gasteiger partial charge in [0.15, 0.2) is 0 Å². The molecule has 2 aliphatic heterocycles. The maximum absolute atomic E-state index is 13.3. The van der Waals surface area contributed by atoms with E-state index in [1.807, 2.05) is 18.2 Å². The summed E-state index contributed by atoms with van der Waals surface area (Å²) in [5.41, 5.74) is 5.70. The third-order valence-electron chi connectivity index (χ3n) is 6.19. The van der Waals surface area contributed by atoms with Crippen molar-refractivity contribution in [2.75, 3.05) is 13.1 Å². The molecule has 4 nitrogen and oxygen atoms in total. The van der Waals surface area contributed by atoms with Crippen LogP contribution in [0, 0.1) is 0 Å². The molecule has 5 rings (SSSR count). The van der Waals surface area contributed by atoms with E-state index in [9.17, 15) is 9.50 Å². The van der Waals surface area contributed by atoms with Gasteiger partial charge < -0.3 is 9.67 Å². The Kier molecular flexibility index (Phi) is 4.62. The summed E-state index contributed by atoms with van der Waals surface area (Å²) in [6.45, 7) is 2.04. The predicted octanol–water partition coefficient (Wildman–Crippen LogP) is 4.59. The van der Waals surface area contributed by atoms with Crippen molar-refractivity contribution in [3.63, 3.8) is 0 Å². The van der Waals surface area contributed by atoms with Gasteiger partial charge in [-0.25, -0.2) is 9.37 Å². The van der Waals surface area contributed by atoms with Crippen LogP contribution in [-0.4, -0.2) is 32.6 Å². The molecule has 1 saturated heterocycles. The number of aliphatic hydroxyl groups excluding tert-OH is 1. The van der Waals surface area contributed by atoms with Gasteiger partial charge >= 0.3 is 0 Å². The number of fused-ring (bicyclic) bond motifs is 5. The lowest BCUT2D eigenvalue weighted by Crippen LogP contribution is -2.31. The molecule has 2 unspecified atom stereocenters. The van der Waals surface area contributed by atoms with Crippen molar-refractivity contribution in [3.8, 4) is 0 Å². The van der Waals surface area contributed by atoms with Crippen molar-refractivity contribution >= 4 is 22.6 Å². The Morgan fingerprint density at radius 1 is 1.18 bits per heavy atom. The first kappa shape index (κ1) is 18.1. The first-order chi connectivity index (χ1) is 13.7. The number of halogens is 2. The molecule has 2 atom stereocenters. The molecule has 0 spiro atoms. The van der Waals surface area contributed by atoms with Crippen LogP contribution in [0.5, 0.6) is 0 Å².